The quantitative estimate of drug-likeness (QED) is 0.907. The third-order valence-corrected chi connectivity index (χ3v) is 4.93. The molecule has 1 aromatic carbocycles. The molecule has 1 fully saturated rings. The Morgan fingerprint density at radius 3 is 2.75 bits per heavy atom. The first-order valence-corrected chi connectivity index (χ1v) is 7.31. The molecular formula is C17H22FNO. The van der Waals surface area contributed by atoms with Crippen molar-refractivity contribution in [2.45, 2.75) is 51.6 Å². The first-order valence-electron chi connectivity index (χ1n) is 7.31. The van der Waals surface area contributed by atoms with E-state index >= 15 is 0 Å². The number of hydrogen-bond acceptors (Lipinski definition) is 2. The molecular weight excluding hydrogens is 253 g/mol. The minimum Gasteiger partial charge on any atom is -0.388 e. The van der Waals surface area contributed by atoms with Crippen LogP contribution in [0.25, 0.3) is 0 Å². The highest BCUT2D eigenvalue weighted by Gasteiger charge is 2.51. The Bertz CT molecular complexity index is 520. The maximum Gasteiger partial charge on any atom is 0.126 e. The summed E-state index contributed by atoms with van der Waals surface area (Å²) in [6.45, 7) is 3.80. The van der Waals surface area contributed by atoms with Crippen molar-refractivity contribution in [2.75, 3.05) is 0 Å². The fraction of sp³-hybridized carbons (Fsp3) is 0.588. The van der Waals surface area contributed by atoms with Crippen LogP contribution in [0.4, 0.5) is 4.39 Å². The van der Waals surface area contributed by atoms with E-state index in [9.17, 15) is 14.8 Å². The van der Waals surface area contributed by atoms with Crippen LogP contribution in [0, 0.1) is 28.5 Å². The summed E-state index contributed by atoms with van der Waals surface area (Å²) in [5.74, 6) is 0.174. The summed E-state index contributed by atoms with van der Waals surface area (Å²) in [6.07, 6.45) is 3.59. The van der Waals surface area contributed by atoms with Gasteiger partial charge < -0.3 is 5.11 Å². The molecule has 108 valence electrons. The Balaban J connectivity index is 2.25. The van der Waals surface area contributed by atoms with Gasteiger partial charge >= 0.3 is 0 Å². The SMILES string of the molecule is CCC1CCC(C#N)(C(C)(O)Cc2ccccc2F)C1. The zero-order valence-corrected chi connectivity index (χ0v) is 12.2. The molecule has 0 aliphatic heterocycles. The topological polar surface area (TPSA) is 44.0 Å². The maximum absolute atomic E-state index is 13.8. The normalized spacial score (nSPS) is 28.9. The van der Waals surface area contributed by atoms with E-state index in [2.05, 4.69) is 13.0 Å². The molecule has 2 nitrogen and oxygen atoms in total. The third-order valence-electron chi connectivity index (χ3n) is 4.93. The zero-order chi connectivity index (χ0) is 14.8. The molecule has 3 atom stereocenters. The van der Waals surface area contributed by atoms with Crippen molar-refractivity contribution in [1.29, 1.82) is 5.26 Å². The second-order valence-electron chi connectivity index (χ2n) is 6.25. The molecule has 20 heavy (non-hydrogen) atoms. The van der Waals surface area contributed by atoms with Gasteiger partial charge in [-0.3, -0.25) is 0 Å². The van der Waals surface area contributed by atoms with Crippen LogP contribution in [-0.4, -0.2) is 10.7 Å². The van der Waals surface area contributed by atoms with E-state index in [1.54, 1.807) is 25.1 Å². The highest BCUT2D eigenvalue weighted by atomic mass is 19.1. The van der Waals surface area contributed by atoms with Crippen molar-refractivity contribution < 1.29 is 9.50 Å². The summed E-state index contributed by atoms with van der Waals surface area (Å²) in [5, 5.41) is 20.5. The van der Waals surface area contributed by atoms with Gasteiger partial charge in [-0.2, -0.15) is 5.26 Å². The van der Waals surface area contributed by atoms with Crippen molar-refractivity contribution in [1.82, 2.24) is 0 Å². The number of nitriles is 1. The molecule has 1 N–H and O–H groups in total. The Morgan fingerprint density at radius 1 is 1.50 bits per heavy atom. The molecule has 0 heterocycles. The molecule has 2 rings (SSSR count). The standard InChI is InChI=1S/C17H22FNO/c1-3-13-8-9-17(10-13,12-19)16(2,20)11-14-6-4-5-7-15(14)18/h4-7,13,20H,3,8-11H2,1-2H3. The maximum atomic E-state index is 13.8. The Morgan fingerprint density at radius 2 is 2.20 bits per heavy atom. The Hall–Kier alpha value is -1.40. The third kappa shape index (κ3) is 2.58. The van der Waals surface area contributed by atoms with E-state index in [0.717, 1.165) is 12.8 Å². The number of rotatable bonds is 4. The number of halogens is 1. The predicted molar refractivity (Wildman–Crippen MR) is 76.4 cm³/mol. The van der Waals surface area contributed by atoms with Crippen LogP contribution in [0.3, 0.4) is 0 Å². The van der Waals surface area contributed by atoms with Gasteiger partial charge in [0.1, 0.15) is 5.82 Å². The lowest BCUT2D eigenvalue weighted by Gasteiger charge is -2.38. The second-order valence-corrected chi connectivity index (χ2v) is 6.25. The summed E-state index contributed by atoms with van der Waals surface area (Å²) >= 11 is 0. The van der Waals surface area contributed by atoms with E-state index in [-0.39, 0.29) is 12.2 Å². The molecule has 1 aliphatic carbocycles. The molecule has 3 unspecified atom stereocenters. The molecule has 3 heteroatoms. The predicted octanol–water partition coefficient (Wildman–Crippen LogP) is 3.84. The average molecular weight is 275 g/mol. The van der Waals surface area contributed by atoms with E-state index in [1.807, 2.05) is 0 Å². The minimum atomic E-state index is -1.20. The van der Waals surface area contributed by atoms with Gasteiger partial charge in [-0.1, -0.05) is 31.5 Å². The summed E-state index contributed by atoms with van der Waals surface area (Å²) in [5.41, 5.74) is -1.48. The minimum absolute atomic E-state index is 0.184. The smallest absolute Gasteiger partial charge is 0.126 e. The number of benzene rings is 1. The van der Waals surface area contributed by atoms with Gasteiger partial charge in [0.05, 0.1) is 17.1 Å². The van der Waals surface area contributed by atoms with Gasteiger partial charge in [-0.05, 0) is 43.7 Å². The monoisotopic (exact) mass is 275 g/mol. The molecule has 0 bridgehead atoms. The largest absolute Gasteiger partial charge is 0.388 e. The van der Waals surface area contributed by atoms with Gasteiger partial charge in [-0.15, -0.1) is 0 Å². The molecule has 1 aromatic rings. The van der Waals surface area contributed by atoms with Crippen LogP contribution >= 0.6 is 0 Å². The van der Waals surface area contributed by atoms with Gasteiger partial charge in [0.2, 0.25) is 0 Å². The van der Waals surface area contributed by atoms with Crippen LogP contribution in [-0.2, 0) is 6.42 Å². The molecule has 0 saturated heterocycles. The van der Waals surface area contributed by atoms with Crippen molar-refractivity contribution in [3.8, 4) is 6.07 Å². The molecule has 1 saturated carbocycles. The Labute approximate surface area is 120 Å². The fourth-order valence-electron chi connectivity index (χ4n) is 3.39. The van der Waals surface area contributed by atoms with Gasteiger partial charge in [0.15, 0.2) is 0 Å². The van der Waals surface area contributed by atoms with Crippen LogP contribution in [0.2, 0.25) is 0 Å². The molecule has 0 amide bonds. The molecule has 0 radical (unpaired) electrons. The van der Waals surface area contributed by atoms with Crippen molar-refractivity contribution >= 4 is 0 Å². The first kappa shape index (κ1) is 15.0. The molecule has 0 aromatic heterocycles. The van der Waals surface area contributed by atoms with E-state index in [4.69, 9.17) is 0 Å². The summed E-state index contributed by atoms with van der Waals surface area (Å²) in [6, 6.07) is 8.82. The summed E-state index contributed by atoms with van der Waals surface area (Å²) < 4.78 is 13.8. The average Bonchev–Trinajstić information content (AvgIpc) is 2.87. The van der Waals surface area contributed by atoms with E-state index in [0.29, 0.717) is 24.3 Å². The van der Waals surface area contributed by atoms with Crippen LogP contribution in [0.15, 0.2) is 24.3 Å². The van der Waals surface area contributed by atoms with Crippen molar-refractivity contribution in [3.63, 3.8) is 0 Å². The van der Waals surface area contributed by atoms with Crippen LogP contribution in [0.1, 0.15) is 45.1 Å². The molecule has 1 aliphatic rings. The summed E-state index contributed by atoms with van der Waals surface area (Å²) in [7, 11) is 0. The number of nitrogens with zero attached hydrogens (tertiary/aromatic N) is 1. The first-order chi connectivity index (χ1) is 9.44. The second kappa shape index (κ2) is 5.54. The fourth-order valence-corrected chi connectivity index (χ4v) is 3.39. The summed E-state index contributed by atoms with van der Waals surface area (Å²) in [4.78, 5) is 0. The van der Waals surface area contributed by atoms with E-state index in [1.165, 1.54) is 6.07 Å². The zero-order valence-electron chi connectivity index (χ0n) is 12.2. The van der Waals surface area contributed by atoms with Gasteiger partial charge in [0.25, 0.3) is 0 Å². The highest BCUT2D eigenvalue weighted by Crippen LogP contribution is 2.50. The number of aliphatic hydroxyl groups is 1. The van der Waals surface area contributed by atoms with Crippen molar-refractivity contribution in [2.24, 2.45) is 11.3 Å². The lowest BCUT2D eigenvalue weighted by molar-refractivity contribution is -0.0384. The lowest BCUT2D eigenvalue weighted by Crippen LogP contribution is -2.45. The molecule has 0 spiro atoms. The van der Waals surface area contributed by atoms with E-state index < -0.39 is 11.0 Å². The van der Waals surface area contributed by atoms with Crippen LogP contribution in [0.5, 0.6) is 0 Å². The van der Waals surface area contributed by atoms with Crippen molar-refractivity contribution in [3.05, 3.63) is 35.6 Å². The Kier molecular flexibility index (Phi) is 4.15. The van der Waals surface area contributed by atoms with Gasteiger partial charge in [-0.25, -0.2) is 4.39 Å². The van der Waals surface area contributed by atoms with Crippen LogP contribution < -0.4 is 0 Å². The van der Waals surface area contributed by atoms with Gasteiger partial charge in [0, 0.05) is 6.42 Å². The number of hydrogen-bond donors (Lipinski definition) is 1. The lowest BCUT2D eigenvalue weighted by atomic mass is 9.69. The highest BCUT2D eigenvalue weighted by molar-refractivity contribution is 5.23.